The molecule has 1 aliphatic heterocycles. The maximum absolute atomic E-state index is 12.6. The number of alkyl halides is 3. The molecule has 0 bridgehead atoms. The molecule has 2 aromatic heterocycles. The summed E-state index contributed by atoms with van der Waals surface area (Å²) in [5.41, 5.74) is 1.19. The number of benzene rings is 1. The van der Waals surface area contributed by atoms with Gasteiger partial charge in [-0.2, -0.15) is 0 Å². The van der Waals surface area contributed by atoms with Gasteiger partial charge >= 0.3 is 6.36 Å². The van der Waals surface area contributed by atoms with E-state index in [2.05, 4.69) is 29.8 Å². The lowest BCUT2D eigenvalue weighted by Crippen LogP contribution is -2.46. The Kier molecular flexibility index (Phi) is 7.63. The van der Waals surface area contributed by atoms with Crippen molar-refractivity contribution in [2.24, 2.45) is 0 Å². The molecule has 1 amide bonds. The molecule has 0 radical (unpaired) electrons. The number of nitrogens with one attached hydrogen (secondary N) is 1. The van der Waals surface area contributed by atoms with Crippen LogP contribution in [0.15, 0.2) is 54.0 Å². The highest BCUT2D eigenvalue weighted by atomic mass is 32.1. The third-order valence-corrected chi connectivity index (χ3v) is 6.16. The Morgan fingerprint density at radius 2 is 1.85 bits per heavy atom. The first kappa shape index (κ1) is 24.0. The van der Waals surface area contributed by atoms with Crippen molar-refractivity contribution in [2.75, 3.05) is 36.4 Å². The number of halogens is 3. The molecule has 0 atom stereocenters. The fourth-order valence-electron chi connectivity index (χ4n) is 3.71. The van der Waals surface area contributed by atoms with Crippen molar-refractivity contribution in [3.8, 4) is 5.75 Å². The molecule has 0 unspecified atom stereocenters. The molecule has 0 spiro atoms. The third kappa shape index (κ3) is 6.91. The second-order valence-electron chi connectivity index (χ2n) is 7.80. The van der Waals surface area contributed by atoms with Gasteiger partial charge in [-0.25, -0.2) is 9.97 Å². The quantitative estimate of drug-likeness (QED) is 0.506. The highest BCUT2D eigenvalue weighted by Gasteiger charge is 2.32. The van der Waals surface area contributed by atoms with Crippen LogP contribution in [0.3, 0.4) is 0 Å². The van der Waals surface area contributed by atoms with Gasteiger partial charge in [0.15, 0.2) is 5.13 Å². The Labute approximate surface area is 199 Å². The predicted molar refractivity (Wildman–Crippen MR) is 124 cm³/mol. The summed E-state index contributed by atoms with van der Waals surface area (Å²) in [5.74, 6) is 0.377. The highest BCUT2D eigenvalue weighted by molar-refractivity contribution is 7.13. The van der Waals surface area contributed by atoms with Gasteiger partial charge in [0, 0.05) is 50.7 Å². The first-order valence-corrected chi connectivity index (χ1v) is 11.7. The number of piperazine rings is 1. The predicted octanol–water partition coefficient (Wildman–Crippen LogP) is 4.33. The molecule has 4 rings (SSSR count). The number of amides is 1. The summed E-state index contributed by atoms with van der Waals surface area (Å²) in [4.78, 5) is 25.8. The van der Waals surface area contributed by atoms with Crippen molar-refractivity contribution in [1.82, 2.24) is 14.9 Å². The molecule has 1 aromatic carbocycles. The van der Waals surface area contributed by atoms with Gasteiger partial charge in [0.05, 0.1) is 5.69 Å². The Bertz CT molecular complexity index is 1090. The van der Waals surface area contributed by atoms with Gasteiger partial charge in [0.1, 0.15) is 11.6 Å². The average molecular weight is 492 g/mol. The van der Waals surface area contributed by atoms with Crippen LogP contribution in [-0.2, 0) is 17.8 Å². The van der Waals surface area contributed by atoms with E-state index < -0.39 is 6.36 Å². The van der Waals surface area contributed by atoms with Crippen LogP contribution in [0, 0.1) is 0 Å². The number of ether oxygens (including phenoxy) is 1. The van der Waals surface area contributed by atoms with E-state index in [0.29, 0.717) is 17.2 Å². The van der Waals surface area contributed by atoms with Gasteiger partial charge < -0.3 is 15.0 Å². The lowest BCUT2D eigenvalue weighted by molar-refractivity contribution is -0.274. The molecule has 7 nitrogen and oxygen atoms in total. The molecule has 3 aromatic rings. The summed E-state index contributed by atoms with van der Waals surface area (Å²) >= 11 is 1.33. The van der Waals surface area contributed by atoms with E-state index in [1.165, 1.54) is 29.5 Å². The first-order chi connectivity index (χ1) is 16.4. The van der Waals surface area contributed by atoms with Crippen molar-refractivity contribution >= 4 is 28.2 Å². The molecule has 34 heavy (non-hydrogen) atoms. The topological polar surface area (TPSA) is 70.6 Å². The van der Waals surface area contributed by atoms with Crippen molar-refractivity contribution < 1.29 is 22.7 Å². The Balaban J connectivity index is 1.23. The zero-order chi connectivity index (χ0) is 24.0. The van der Waals surface area contributed by atoms with Gasteiger partial charge in [0.25, 0.3) is 0 Å². The molecule has 1 aliphatic rings. The zero-order valence-corrected chi connectivity index (χ0v) is 19.1. The minimum Gasteiger partial charge on any atom is -0.406 e. The number of rotatable bonds is 8. The van der Waals surface area contributed by atoms with Gasteiger partial charge in [-0.15, -0.1) is 24.5 Å². The minimum absolute atomic E-state index is 0.0165. The van der Waals surface area contributed by atoms with Gasteiger partial charge in [-0.05, 0) is 30.2 Å². The minimum atomic E-state index is -4.78. The number of carbonyl (C=O) groups excluding carboxylic acids is 1. The van der Waals surface area contributed by atoms with E-state index in [-0.39, 0.29) is 24.5 Å². The fraction of sp³-hybridized carbons (Fsp3) is 0.348. The molecular weight excluding hydrogens is 467 g/mol. The summed E-state index contributed by atoms with van der Waals surface area (Å²) in [6, 6.07) is 11.7. The van der Waals surface area contributed by atoms with Crippen molar-refractivity contribution in [2.45, 2.75) is 25.7 Å². The number of aryl methyl sites for hydroxylation is 1. The van der Waals surface area contributed by atoms with E-state index in [9.17, 15) is 18.0 Å². The molecule has 1 fully saturated rings. The standard InChI is InChI=1S/C23H24F3N5O2S/c24-23(25,26)33-19-6-2-1-5-17(19)8-9-21(32)29-22-28-18(16-34-22)15-30-11-13-31(14-12-30)20-7-3-4-10-27-20/h1-7,10,16H,8-9,11-15H2,(H,28,29,32). The molecular formula is C23H24F3N5O2S. The van der Waals surface area contributed by atoms with Crippen molar-refractivity contribution in [3.63, 3.8) is 0 Å². The normalized spacial score (nSPS) is 14.7. The van der Waals surface area contributed by atoms with Gasteiger partial charge in [-0.1, -0.05) is 24.3 Å². The number of pyridine rings is 1. The summed E-state index contributed by atoms with van der Waals surface area (Å²) in [7, 11) is 0. The Morgan fingerprint density at radius 1 is 1.09 bits per heavy atom. The molecule has 11 heteroatoms. The average Bonchev–Trinajstić information content (AvgIpc) is 3.25. The van der Waals surface area contributed by atoms with E-state index in [1.807, 2.05) is 23.6 Å². The van der Waals surface area contributed by atoms with Crippen molar-refractivity contribution in [3.05, 3.63) is 65.3 Å². The van der Waals surface area contributed by atoms with Crippen LogP contribution in [0.2, 0.25) is 0 Å². The molecule has 1 N–H and O–H groups in total. The van der Waals surface area contributed by atoms with Crippen LogP contribution in [-0.4, -0.2) is 53.3 Å². The smallest absolute Gasteiger partial charge is 0.406 e. The van der Waals surface area contributed by atoms with E-state index in [0.717, 1.165) is 37.7 Å². The largest absolute Gasteiger partial charge is 0.573 e. The summed E-state index contributed by atoms with van der Waals surface area (Å²) in [6.07, 6.45) is -2.85. The second-order valence-corrected chi connectivity index (χ2v) is 8.66. The highest BCUT2D eigenvalue weighted by Crippen LogP contribution is 2.27. The van der Waals surface area contributed by atoms with Crippen LogP contribution in [0.5, 0.6) is 5.75 Å². The fourth-order valence-corrected chi connectivity index (χ4v) is 4.42. The second kappa shape index (κ2) is 10.8. The summed E-state index contributed by atoms with van der Waals surface area (Å²) in [5, 5.41) is 5.13. The Hall–Kier alpha value is -3.18. The molecule has 0 saturated carbocycles. The van der Waals surface area contributed by atoms with Crippen molar-refractivity contribution in [1.29, 1.82) is 0 Å². The van der Waals surface area contributed by atoms with Crippen LogP contribution >= 0.6 is 11.3 Å². The van der Waals surface area contributed by atoms with Gasteiger partial charge in [0.2, 0.25) is 5.91 Å². The lowest BCUT2D eigenvalue weighted by Gasteiger charge is -2.35. The number of hydrogen-bond donors (Lipinski definition) is 1. The molecule has 180 valence electrons. The van der Waals surface area contributed by atoms with Gasteiger partial charge in [-0.3, -0.25) is 9.69 Å². The number of para-hydroxylation sites is 1. The third-order valence-electron chi connectivity index (χ3n) is 5.35. The van der Waals surface area contributed by atoms with Crippen LogP contribution < -0.4 is 15.0 Å². The lowest BCUT2D eigenvalue weighted by atomic mass is 10.1. The SMILES string of the molecule is O=C(CCc1ccccc1OC(F)(F)F)Nc1nc(CN2CCN(c3ccccn3)CC2)cs1. The maximum Gasteiger partial charge on any atom is 0.573 e. The molecule has 3 heterocycles. The number of carbonyl (C=O) groups is 1. The number of thiazole rings is 1. The summed E-state index contributed by atoms with van der Waals surface area (Å²) in [6.45, 7) is 4.21. The maximum atomic E-state index is 12.6. The van der Waals surface area contributed by atoms with E-state index in [4.69, 9.17) is 0 Å². The van der Waals surface area contributed by atoms with Crippen LogP contribution in [0.4, 0.5) is 24.1 Å². The van der Waals surface area contributed by atoms with Crippen LogP contribution in [0.25, 0.3) is 0 Å². The zero-order valence-electron chi connectivity index (χ0n) is 18.3. The first-order valence-electron chi connectivity index (χ1n) is 10.8. The number of hydrogen-bond acceptors (Lipinski definition) is 7. The molecule has 1 saturated heterocycles. The van der Waals surface area contributed by atoms with Crippen LogP contribution in [0.1, 0.15) is 17.7 Å². The Morgan fingerprint density at radius 3 is 2.59 bits per heavy atom. The molecule has 0 aliphatic carbocycles. The monoisotopic (exact) mass is 491 g/mol. The number of aromatic nitrogens is 2. The number of anilines is 2. The number of nitrogens with zero attached hydrogens (tertiary/aromatic N) is 4. The van der Waals surface area contributed by atoms with E-state index in [1.54, 1.807) is 12.3 Å². The van der Waals surface area contributed by atoms with E-state index >= 15 is 0 Å². The summed E-state index contributed by atoms with van der Waals surface area (Å²) < 4.78 is 41.7.